The molecule has 96 valence electrons. The molecule has 0 saturated heterocycles. The predicted octanol–water partition coefficient (Wildman–Crippen LogP) is 5.13. The smallest absolute Gasteiger partial charge is 0.133 e. The summed E-state index contributed by atoms with van der Waals surface area (Å²) in [6.07, 6.45) is 10.3. The maximum absolute atomic E-state index is 11.7. The molecule has 0 bridgehead atoms. The Balaban J connectivity index is 3.44. The van der Waals surface area contributed by atoms with Crippen molar-refractivity contribution in [3.05, 3.63) is 0 Å². The average Bonchev–Trinajstić information content (AvgIpc) is 2.22. The van der Waals surface area contributed by atoms with Crippen LogP contribution in [-0.4, -0.2) is 5.78 Å². The van der Waals surface area contributed by atoms with Crippen LogP contribution in [-0.2, 0) is 4.79 Å². The second-order valence-electron chi connectivity index (χ2n) is 5.75. The topological polar surface area (TPSA) is 17.1 Å². The zero-order valence-corrected chi connectivity index (χ0v) is 11.8. The van der Waals surface area contributed by atoms with Gasteiger partial charge in [-0.15, -0.1) is 0 Å². The highest BCUT2D eigenvalue weighted by Gasteiger charge is 2.18. The van der Waals surface area contributed by atoms with Crippen molar-refractivity contribution >= 4 is 5.78 Å². The standard InChI is InChI=1S/C15H30O/c1-5-7-8-9-10-11-12-14(16)13-15(3,4)6-2/h5-13H2,1-4H3. The molecule has 0 aromatic heterocycles. The Kier molecular flexibility index (Phi) is 8.60. The first-order valence-corrected chi connectivity index (χ1v) is 7.03. The number of hydrogen-bond donors (Lipinski definition) is 0. The Morgan fingerprint density at radius 2 is 1.50 bits per heavy atom. The van der Waals surface area contributed by atoms with Gasteiger partial charge in [0.1, 0.15) is 5.78 Å². The minimum absolute atomic E-state index is 0.208. The van der Waals surface area contributed by atoms with Gasteiger partial charge in [-0.05, 0) is 11.8 Å². The molecule has 0 unspecified atom stereocenters. The fraction of sp³-hybridized carbons (Fsp3) is 0.933. The molecule has 0 heterocycles. The van der Waals surface area contributed by atoms with Gasteiger partial charge in [0.05, 0.1) is 0 Å². The van der Waals surface area contributed by atoms with Crippen LogP contribution < -0.4 is 0 Å². The molecule has 0 aliphatic heterocycles. The van der Waals surface area contributed by atoms with Crippen LogP contribution in [0.2, 0.25) is 0 Å². The molecule has 0 aromatic carbocycles. The Morgan fingerprint density at radius 1 is 0.938 bits per heavy atom. The van der Waals surface area contributed by atoms with Gasteiger partial charge in [0.2, 0.25) is 0 Å². The van der Waals surface area contributed by atoms with E-state index in [0.717, 1.165) is 25.7 Å². The van der Waals surface area contributed by atoms with Gasteiger partial charge in [-0.2, -0.15) is 0 Å². The summed E-state index contributed by atoms with van der Waals surface area (Å²) in [7, 11) is 0. The number of rotatable bonds is 10. The van der Waals surface area contributed by atoms with E-state index in [1.165, 1.54) is 32.1 Å². The third-order valence-electron chi connectivity index (χ3n) is 3.44. The Labute approximate surface area is 102 Å². The van der Waals surface area contributed by atoms with E-state index in [4.69, 9.17) is 0 Å². The van der Waals surface area contributed by atoms with Gasteiger partial charge in [-0.3, -0.25) is 4.79 Å². The summed E-state index contributed by atoms with van der Waals surface area (Å²) in [6.45, 7) is 8.77. The minimum Gasteiger partial charge on any atom is -0.300 e. The highest BCUT2D eigenvalue weighted by atomic mass is 16.1. The maximum atomic E-state index is 11.7. The molecule has 0 spiro atoms. The number of ketones is 1. The van der Waals surface area contributed by atoms with Crippen molar-refractivity contribution in [2.45, 2.75) is 85.5 Å². The van der Waals surface area contributed by atoms with Crippen LogP contribution in [0.1, 0.15) is 85.5 Å². The van der Waals surface area contributed by atoms with Gasteiger partial charge in [-0.1, -0.05) is 66.2 Å². The van der Waals surface area contributed by atoms with Crippen molar-refractivity contribution in [1.82, 2.24) is 0 Å². The van der Waals surface area contributed by atoms with Crippen LogP contribution in [0.25, 0.3) is 0 Å². The first-order valence-electron chi connectivity index (χ1n) is 7.03. The summed E-state index contributed by atoms with van der Waals surface area (Å²) >= 11 is 0. The van der Waals surface area contributed by atoms with Gasteiger partial charge >= 0.3 is 0 Å². The molecule has 0 N–H and O–H groups in total. The van der Waals surface area contributed by atoms with Gasteiger partial charge < -0.3 is 0 Å². The number of Topliss-reactive ketones (excluding diaryl/α,β-unsaturated/α-hetero) is 1. The number of carbonyl (C=O) groups excluding carboxylic acids is 1. The minimum atomic E-state index is 0.208. The largest absolute Gasteiger partial charge is 0.300 e. The second kappa shape index (κ2) is 8.78. The predicted molar refractivity (Wildman–Crippen MR) is 71.7 cm³/mol. The number of carbonyl (C=O) groups is 1. The van der Waals surface area contributed by atoms with Crippen molar-refractivity contribution in [3.63, 3.8) is 0 Å². The normalized spacial score (nSPS) is 11.8. The van der Waals surface area contributed by atoms with Crippen molar-refractivity contribution in [1.29, 1.82) is 0 Å². The Morgan fingerprint density at radius 3 is 2.06 bits per heavy atom. The molecule has 0 aromatic rings. The molecular weight excluding hydrogens is 196 g/mol. The Hall–Kier alpha value is -0.330. The van der Waals surface area contributed by atoms with Gasteiger partial charge in [0, 0.05) is 12.8 Å². The van der Waals surface area contributed by atoms with Crippen LogP contribution in [0.3, 0.4) is 0 Å². The first-order chi connectivity index (χ1) is 7.52. The molecule has 0 radical (unpaired) electrons. The van der Waals surface area contributed by atoms with Gasteiger partial charge in [-0.25, -0.2) is 0 Å². The maximum Gasteiger partial charge on any atom is 0.133 e. The molecule has 1 heteroatoms. The van der Waals surface area contributed by atoms with E-state index >= 15 is 0 Å². The molecule has 0 rings (SSSR count). The van der Waals surface area contributed by atoms with E-state index in [9.17, 15) is 4.79 Å². The number of hydrogen-bond acceptors (Lipinski definition) is 1. The lowest BCUT2D eigenvalue weighted by Gasteiger charge is -2.21. The molecule has 16 heavy (non-hydrogen) atoms. The fourth-order valence-electron chi connectivity index (χ4n) is 1.85. The monoisotopic (exact) mass is 226 g/mol. The van der Waals surface area contributed by atoms with Crippen molar-refractivity contribution in [2.24, 2.45) is 5.41 Å². The lowest BCUT2D eigenvalue weighted by atomic mass is 9.84. The lowest BCUT2D eigenvalue weighted by Crippen LogP contribution is -2.15. The second-order valence-corrected chi connectivity index (χ2v) is 5.75. The Bertz CT molecular complexity index is 182. The first kappa shape index (κ1) is 15.7. The molecule has 0 atom stereocenters. The SMILES string of the molecule is CCCCCCCCC(=O)CC(C)(C)CC. The summed E-state index contributed by atoms with van der Waals surface area (Å²) in [4.78, 5) is 11.7. The highest BCUT2D eigenvalue weighted by Crippen LogP contribution is 2.25. The zero-order valence-electron chi connectivity index (χ0n) is 11.8. The van der Waals surface area contributed by atoms with E-state index in [2.05, 4.69) is 27.7 Å². The van der Waals surface area contributed by atoms with Gasteiger partial charge in [0.15, 0.2) is 0 Å². The van der Waals surface area contributed by atoms with E-state index < -0.39 is 0 Å². The molecule has 0 amide bonds. The zero-order chi connectivity index (χ0) is 12.4. The van der Waals surface area contributed by atoms with Crippen molar-refractivity contribution < 1.29 is 4.79 Å². The highest BCUT2D eigenvalue weighted by molar-refractivity contribution is 5.78. The molecular formula is C15H30O. The third kappa shape index (κ3) is 8.94. The molecule has 1 nitrogen and oxygen atoms in total. The van der Waals surface area contributed by atoms with Gasteiger partial charge in [0.25, 0.3) is 0 Å². The van der Waals surface area contributed by atoms with Crippen LogP contribution in [0.4, 0.5) is 0 Å². The van der Waals surface area contributed by atoms with Crippen LogP contribution in [0.5, 0.6) is 0 Å². The summed E-state index contributed by atoms with van der Waals surface area (Å²) < 4.78 is 0. The third-order valence-corrected chi connectivity index (χ3v) is 3.44. The average molecular weight is 226 g/mol. The summed E-state index contributed by atoms with van der Waals surface area (Å²) in [5.74, 6) is 0.461. The van der Waals surface area contributed by atoms with E-state index in [1.807, 2.05) is 0 Å². The quantitative estimate of drug-likeness (QED) is 0.472. The number of unbranched alkanes of at least 4 members (excludes halogenated alkanes) is 5. The van der Waals surface area contributed by atoms with E-state index in [0.29, 0.717) is 5.78 Å². The van der Waals surface area contributed by atoms with E-state index in [1.54, 1.807) is 0 Å². The molecule has 0 aliphatic rings. The van der Waals surface area contributed by atoms with Crippen molar-refractivity contribution in [3.8, 4) is 0 Å². The van der Waals surface area contributed by atoms with Crippen LogP contribution in [0, 0.1) is 5.41 Å². The van der Waals surface area contributed by atoms with Crippen LogP contribution >= 0.6 is 0 Å². The molecule has 0 fully saturated rings. The fourth-order valence-corrected chi connectivity index (χ4v) is 1.85. The van der Waals surface area contributed by atoms with Crippen LogP contribution in [0.15, 0.2) is 0 Å². The molecule has 0 aliphatic carbocycles. The molecule has 0 saturated carbocycles. The summed E-state index contributed by atoms with van der Waals surface area (Å²) in [5, 5.41) is 0. The van der Waals surface area contributed by atoms with E-state index in [-0.39, 0.29) is 5.41 Å². The summed E-state index contributed by atoms with van der Waals surface area (Å²) in [6, 6.07) is 0. The summed E-state index contributed by atoms with van der Waals surface area (Å²) in [5.41, 5.74) is 0.208. The lowest BCUT2D eigenvalue weighted by molar-refractivity contribution is -0.121. The van der Waals surface area contributed by atoms with Crippen molar-refractivity contribution in [2.75, 3.05) is 0 Å².